The summed E-state index contributed by atoms with van der Waals surface area (Å²) in [5.41, 5.74) is 1.01. The predicted octanol–water partition coefficient (Wildman–Crippen LogP) is 3.04. The minimum Gasteiger partial charge on any atom is -0.465 e. The van der Waals surface area contributed by atoms with E-state index < -0.39 is 11.9 Å². The second-order valence-electron chi connectivity index (χ2n) is 4.08. The van der Waals surface area contributed by atoms with Crippen molar-refractivity contribution in [1.82, 2.24) is 0 Å². The summed E-state index contributed by atoms with van der Waals surface area (Å²) in [6, 6.07) is 7.40. The van der Waals surface area contributed by atoms with E-state index in [9.17, 15) is 9.59 Å². The summed E-state index contributed by atoms with van der Waals surface area (Å²) in [5, 5.41) is 0.656. The average molecular weight is 269 g/mol. The lowest BCUT2D eigenvalue weighted by atomic mass is 9.96. The van der Waals surface area contributed by atoms with Crippen molar-refractivity contribution in [1.29, 1.82) is 0 Å². The first-order chi connectivity index (χ1) is 8.54. The zero-order chi connectivity index (χ0) is 13.5. The molecule has 18 heavy (non-hydrogen) atoms. The number of hydrogen-bond donors (Lipinski definition) is 0. The predicted molar refractivity (Wildman–Crippen MR) is 70.6 cm³/mol. The van der Waals surface area contributed by atoms with Gasteiger partial charge >= 0.3 is 5.97 Å². The Kier molecular flexibility index (Phi) is 5.86. The normalized spacial score (nSPS) is 11.9. The van der Waals surface area contributed by atoms with Crippen molar-refractivity contribution in [2.45, 2.75) is 26.7 Å². The third kappa shape index (κ3) is 4.49. The van der Waals surface area contributed by atoms with Gasteiger partial charge in [-0.1, -0.05) is 23.7 Å². The topological polar surface area (TPSA) is 43.4 Å². The summed E-state index contributed by atoms with van der Waals surface area (Å²) in [4.78, 5) is 23.0. The van der Waals surface area contributed by atoms with Crippen LogP contribution in [0.5, 0.6) is 0 Å². The van der Waals surface area contributed by atoms with Crippen molar-refractivity contribution < 1.29 is 14.3 Å². The van der Waals surface area contributed by atoms with Crippen LogP contribution in [0.3, 0.4) is 0 Å². The Bertz CT molecular complexity index is 429. The first kappa shape index (κ1) is 14.7. The van der Waals surface area contributed by atoms with Gasteiger partial charge in [-0.3, -0.25) is 9.59 Å². The highest BCUT2D eigenvalue weighted by molar-refractivity contribution is 6.30. The zero-order valence-electron chi connectivity index (χ0n) is 10.6. The van der Waals surface area contributed by atoms with Gasteiger partial charge in [-0.2, -0.15) is 0 Å². The van der Waals surface area contributed by atoms with E-state index in [-0.39, 0.29) is 5.78 Å². The molecule has 0 spiro atoms. The molecule has 0 saturated heterocycles. The SMILES string of the molecule is CCOC(=O)C(CCc1cccc(Cl)c1)C(C)=O. The molecule has 0 fully saturated rings. The highest BCUT2D eigenvalue weighted by atomic mass is 35.5. The van der Waals surface area contributed by atoms with Crippen LogP contribution in [0, 0.1) is 5.92 Å². The van der Waals surface area contributed by atoms with E-state index in [1.165, 1.54) is 6.92 Å². The zero-order valence-corrected chi connectivity index (χ0v) is 11.4. The minimum atomic E-state index is -0.677. The molecule has 1 unspecified atom stereocenters. The average Bonchev–Trinajstić information content (AvgIpc) is 2.29. The molecular formula is C14H17ClO3. The maximum absolute atomic E-state index is 11.6. The molecule has 4 heteroatoms. The van der Waals surface area contributed by atoms with Crippen molar-refractivity contribution in [3.8, 4) is 0 Å². The molecule has 0 amide bonds. The summed E-state index contributed by atoms with van der Waals surface area (Å²) in [6.07, 6.45) is 1.08. The van der Waals surface area contributed by atoms with Gasteiger partial charge in [0.2, 0.25) is 0 Å². The van der Waals surface area contributed by atoms with E-state index in [0.29, 0.717) is 24.5 Å². The number of carbonyl (C=O) groups is 2. The van der Waals surface area contributed by atoms with Crippen LogP contribution in [0.15, 0.2) is 24.3 Å². The second-order valence-corrected chi connectivity index (χ2v) is 4.52. The van der Waals surface area contributed by atoms with Crippen LogP contribution < -0.4 is 0 Å². The molecule has 1 aromatic rings. The molecule has 0 saturated carbocycles. The maximum Gasteiger partial charge on any atom is 0.316 e. The largest absolute Gasteiger partial charge is 0.465 e. The van der Waals surface area contributed by atoms with Crippen molar-refractivity contribution >= 4 is 23.4 Å². The highest BCUT2D eigenvalue weighted by Gasteiger charge is 2.24. The number of rotatable bonds is 6. The number of esters is 1. The third-order valence-corrected chi connectivity index (χ3v) is 2.91. The van der Waals surface area contributed by atoms with Crippen LogP contribution in [0.1, 0.15) is 25.8 Å². The molecule has 0 heterocycles. The summed E-state index contributed by atoms with van der Waals surface area (Å²) >= 11 is 5.88. The van der Waals surface area contributed by atoms with E-state index in [2.05, 4.69) is 0 Å². The molecular weight excluding hydrogens is 252 g/mol. The molecule has 0 N–H and O–H groups in total. The molecule has 0 radical (unpaired) electrons. The highest BCUT2D eigenvalue weighted by Crippen LogP contribution is 2.16. The number of Topliss-reactive ketones (excluding diaryl/α,β-unsaturated/α-hetero) is 1. The Balaban J connectivity index is 2.63. The number of ketones is 1. The van der Waals surface area contributed by atoms with Crippen LogP contribution >= 0.6 is 11.6 Å². The van der Waals surface area contributed by atoms with Crippen LogP contribution in [0.2, 0.25) is 5.02 Å². The van der Waals surface area contributed by atoms with Gasteiger partial charge in [0, 0.05) is 5.02 Å². The lowest BCUT2D eigenvalue weighted by molar-refractivity contribution is -0.151. The van der Waals surface area contributed by atoms with E-state index in [1.807, 2.05) is 18.2 Å². The Labute approximate surface area is 112 Å². The smallest absolute Gasteiger partial charge is 0.316 e. The summed E-state index contributed by atoms with van der Waals surface area (Å²) < 4.78 is 4.89. The molecule has 0 aliphatic carbocycles. The fourth-order valence-electron chi connectivity index (χ4n) is 1.73. The summed E-state index contributed by atoms with van der Waals surface area (Å²) in [7, 11) is 0. The Morgan fingerprint density at radius 1 is 1.39 bits per heavy atom. The first-order valence-electron chi connectivity index (χ1n) is 5.96. The maximum atomic E-state index is 11.6. The van der Waals surface area contributed by atoms with Crippen LogP contribution in [-0.4, -0.2) is 18.4 Å². The van der Waals surface area contributed by atoms with Gasteiger partial charge in [-0.15, -0.1) is 0 Å². The van der Waals surface area contributed by atoms with Crippen molar-refractivity contribution in [3.05, 3.63) is 34.9 Å². The van der Waals surface area contributed by atoms with E-state index >= 15 is 0 Å². The van der Waals surface area contributed by atoms with E-state index in [0.717, 1.165) is 5.56 Å². The number of benzene rings is 1. The quantitative estimate of drug-likeness (QED) is 0.588. The molecule has 1 aromatic carbocycles. The van der Waals surface area contributed by atoms with Gasteiger partial charge < -0.3 is 4.74 Å². The first-order valence-corrected chi connectivity index (χ1v) is 6.34. The molecule has 1 atom stereocenters. The number of aryl methyl sites for hydroxylation is 1. The molecule has 1 rings (SSSR count). The Morgan fingerprint density at radius 2 is 2.11 bits per heavy atom. The number of hydrogen-bond acceptors (Lipinski definition) is 3. The lowest BCUT2D eigenvalue weighted by Gasteiger charge is -2.12. The van der Waals surface area contributed by atoms with Crippen molar-refractivity contribution in [2.75, 3.05) is 6.61 Å². The van der Waals surface area contributed by atoms with Gasteiger partial charge in [0.15, 0.2) is 0 Å². The van der Waals surface area contributed by atoms with Gasteiger partial charge in [-0.05, 0) is 44.4 Å². The summed E-state index contributed by atoms with van der Waals surface area (Å²) in [5.74, 6) is -1.27. The number of ether oxygens (including phenoxy) is 1. The fraction of sp³-hybridized carbons (Fsp3) is 0.429. The Morgan fingerprint density at radius 3 is 2.67 bits per heavy atom. The van der Waals surface area contributed by atoms with E-state index in [4.69, 9.17) is 16.3 Å². The fourth-order valence-corrected chi connectivity index (χ4v) is 1.95. The van der Waals surface area contributed by atoms with Crippen LogP contribution in [0.4, 0.5) is 0 Å². The number of carbonyl (C=O) groups excluding carboxylic acids is 2. The van der Waals surface area contributed by atoms with Gasteiger partial charge in [-0.25, -0.2) is 0 Å². The monoisotopic (exact) mass is 268 g/mol. The van der Waals surface area contributed by atoms with Gasteiger partial charge in [0.25, 0.3) is 0 Å². The van der Waals surface area contributed by atoms with Crippen LogP contribution in [-0.2, 0) is 20.7 Å². The van der Waals surface area contributed by atoms with Crippen molar-refractivity contribution in [2.24, 2.45) is 5.92 Å². The number of halogens is 1. The third-order valence-electron chi connectivity index (χ3n) is 2.67. The van der Waals surface area contributed by atoms with Crippen LogP contribution in [0.25, 0.3) is 0 Å². The second kappa shape index (κ2) is 7.17. The molecule has 98 valence electrons. The molecule has 3 nitrogen and oxygen atoms in total. The van der Waals surface area contributed by atoms with Crippen molar-refractivity contribution in [3.63, 3.8) is 0 Å². The standard InChI is InChI=1S/C14H17ClO3/c1-3-18-14(17)13(10(2)16)8-7-11-5-4-6-12(15)9-11/h4-6,9,13H,3,7-8H2,1-2H3. The Hall–Kier alpha value is -1.35. The molecule has 0 bridgehead atoms. The molecule has 0 aliphatic rings. The molecule has 0 aromatic heterocycles. The van der Waals surface area contributed by atoms with E-state index in [1.54, 1.807) is 13.0 Å². The molecule has 0 aliphatic heterocycles. The van der Waals surface area contributed by atoms with Gasteiger partial charge in [0.1, 0.15) is 11.7 Å². The lowest BCUT2D eigenvalue weighted by Crippen LogP contribution is -2.24. The minimum absolute atomic E-state index is 0.157. The van der Waals surface area contributed by atoms with Gasteiger partial charge in [0.05, 0.1) is 6.61 Å². The summed E-state index contributed by atoms with van der Waals surface area (Å²) in [6.45, 7) is 3.44.